The third kappa shape index (κ3) is 7.59. The minimum atomic E-state index is -0.862. The smallest absolute Gasteiger partial charge is 0.407 e. The van der Waals surface area contributed by atoms with Crippen LogP contribution in [0.1, 0.15) is 52.0 Å². The van der Waals surface area contributed by atoms with E-state index in [2.05, 4.69) is 31.4 Å². The number of halogens is 1. The Morgan fingerprint density at radius 2 is 1.90 bits per heavy atom. The van der Waals surface area contributed by atoms with Crippen molar-refractivity contribution < 1.29 is 19.1 Å². The molecule has 1 aliphatic rings. The predicted octanol–water partition coefficient (Wildman–Crippen LogP) is 5.09. The number of alkyl carbamates (subject to hydrolysis) is 1. The van der Waals surface area contributed by atoms with Gasteiger partial charge in [0.15, 0.2) is 0 Å². The Labute approximate surface area is 237 Å². The van der Waals surface area contributed by atoms with Crippen molar-refractivity contribution in [1.82, 2.24) is 15.5 Å². The van der Waals surface area contributed by atoms with E-state index in [1.807, 2.05) is 63.2 Å². The fourth-order valence-electron chi connectivity index (χ4n) is 5.09. The van der Waals surface area contributed by atoms with Crippen LogP contribution in [0.5, 0.6) is 0 Å². The van der Waals surface area contributed by atoms with E-state index in [1.165, 1.54) is 0 Å². The van der Waals surface area contributed by atoms with Crippen LogP contribution in [-0.2, 0) is 20.7 Å². The van der Waals surface area contributed by atoms with E-state index >= 15 is 0 Å². The van der Waals surface area contributed by atoms with Gasteiger partial charge in [0, 0.05) is 34.4 Å². The van der Waals surface area contributed by atoms with Gasteiger partial charge in [0.1, 0.15) is 11.6 Å². The molecule has 0 unspecified atom stereocenters. The third-order valence-corrected chi connectivity index (χ3v) is 7.52. The first-order valence-corrected chi connectivity index (χ1v) is 14.1. The summed E-state index contributed by atoms with van der Waals surface area (Å²) >= 11 is 3.48. The van der Waals surface area contributed by atoms with Crippen molar-refractivity contribution in [3.8, 4) is 0 Å². The maximum absolute atomic E-state index is 14.1. The Morgan fingerprint density at radius 1 is 1.15 bits per heavy atom. The van der Waals surface area contributed by atoms with Crippen LogP contribution in [0.25, 0.3) is 10.9 Å². The van der Waals surface area contributed by atoms with E-state index in [0.29, 0.717) is 25.1 Å². The lowest BCUT2D eigenvalue weighted by molar-refractivity contribution is -0.127. The standard InChI is InChI=1S/C29H36BrN5O4/c1-29(2,3)39-28(38)32-16-18-7-9-20(10-8-18)27(37)35(23-12-11-21-17-33-34-24(21)15-23)25(26(31)36)14-19-5-4-6-22(30)13-19/h4-6,11-13,15,17-18,20,25H,7-10,14,16H2,1-3H3,(H2,31,36)(H,32,38)(H,33,34)/t18-,20-,25-/m0/s1. The van der Waals surface area contributed by atoms with Crippen LogP contribution in [0, 0.1) is 11.8 Å². The minimum absolute atomic E-state index is 0.119. The lowest BCUT2D eigenvalue weighted by Crippen LogP contribution is -2.52. The minimum Gasteiger partial charge on any atom is -0.444 e. The lowest BCUT2D eigenvalue weighted by atomic mass is 9.81. The number of primary amides is 1. The van der Waals surface area contributed by atoms with Gasteiger partial charge in [-0.15, -0.1) is 0 Å². The maximum Gasteiger partial charge on any atom is 0.407 e. The van der Waals surface area contributed by atoms with Crippen molar-refractivity contribution in [3.05, 3.63) is 58.7 Å². The second-order valence-corrected chi connectivity index (χ2v) is 12.1. The monoisotopic (exact) mass is 597 g/mol. The average molecular weight is 599 g/mol. The number of nitrogens with two attached hydrogens (primary N) is 1. The van der Waals surface area contributed by atoms with E-state index in [-0.39, 0.29) is 24.2 Å². The zero-order valence-electron chi connectivity index (χ0n) is 22.6. The molecule has 1 aromatic heterocycles. The van der Waals surface area contributed by atoms with Gasteiger partial charge in [-0.3, -0.25) is 19.6 Å². The number of carbonyl (C=O) groups excluding carboxylic acids is 3. The predicted molar refractivity (Wildman–Crippen MR) is 154 cm³/mol. The Hall–Kier alpha value is -3.40. The molecule has 1 atom stereocenters. The van der Waals surface area contributed by atoms with Crippen molar-refractivity contribution in [1.29, 1.82) is 0 Å². The van der Waals surface area contributed by atoms with Crippen LogP contribution in [-0.4, -0.2) is 46.3 Å². The highest BCUT2D eigenvalue weighted by Crippen LogP contribution is 2.33. The molecule has 10 heteroatoms. The molecule has 2 aromatic carbocycles. The largest absolute Gasteiger partial charge is 0.444 e. The first kappa shape index (κ1) is 28.6. The molecule has 3 amide bonds. The highest BCUT2D eigenvalue weighted by atomic mass is 79.9. The molecule has 4 rings (SSSR count). The molecule has 0 saturated heterocycles. The summed E-state index contributed by atoms with van der Waals surface area (Å²) < 4.78 is 6.22. The van der Waals surface area contributed by atoms with Crippen molar-refractivity contribution in [3.63, 3.8) is 0 Å². The van der Waals surface area contributed by atoms with Crippen LogP contribution in [0.4, 0.5) is 10.5 Å². The lowest BCUT2D eigenvalue weighted by Gasteiger charge is -2.36. The van der Waals surface area contributed by atoms with Gasteiger partial charge in [-0.25, -0.2) is 4.79 Å². The molecule has 1 saturated carbocycles. The zero-order chi connectivity index (χ0) is 28.2. The Bertz CT molecular complexity index is 1330. The number of benzene rings is 2. The molecule has 1 fully saturated rings. The fourth-order valence-corrected chi connectivity index (χ4v) is 5.54. The summed E-state index contributed by atoms with van der Waals surface area (Å²) in [6, 6.07) is 12.4. The van der Waals surface area contributed by atoms with Gasteiger partial charge in [0.2, 0.25) is 11.8 Å². The van der Waals surface area contributed by atoms with E-state index in [4.69, 9.17) is 10.5 Å². The molecule has 1 aliphatic carbocycles. The van der Waals surface area contributed by atoms with Crippen molar-refractivity contribution in [2.45, 2.75) is 64.5 Å². The normalized spacial score (nSPS) is 18.4. The number of nitrogens with one attached hydrogen (secondary N) is 2. The molecule has 3 aromatic rings. The zero-order valence-corrected chi connectivity index (χ0v) is 24.2. The number of amides is 3. The molecule has 0 bridgehead atoms. The Morgan fingerprint density at radius 3 is 2.56 bits per heavy atom. The average Bonchev–Trinajstić information content (AvgIpc) is 3.34. The maximum atomic E-state index is 14.1. The quantitative estimate of drug-likeness (QED) is 0.333. The van der Waals surface area contributed by atoms with Gasteiger partial charge < -0.3 is 15.8 Å². The molecule has 208 valence electrons. The molecule has 9 nitrogen and oxygen atoms in total. The summed E-state index contributed by atoms with van der Waals surface area (Å²) in [6.45, 7) is 5.99. The van der Waals surface area contributed by atoms with Gasteiger partial charge >= 0.3 is 6.09 Å². The molecule has 0 aliphatic heterocycles. The number of ether oxygens (including phenoxy) is 1. The van der Waals surface area contributed by atoms with Crippen LogP contribution < -0.4 is 16.0 Å². The molecule has 39 heavy (non-hydrogen) atoms. The van der Waals surface area contributed by atoms with E-state index in [1.54, 1.807) is 11.1 Å². The highest BCUT2D eigenvalue weighted by Gasteiger charge is 2.36. The summed E-state index contributed by atoms with van der Waals surface area (Å²) in [7, 11) is 0. The van der Waals surface area contributed by atoms with Crippen molar-refractivity contribution >= 4 is 50.4 Å². The van der Waals surface area contributed by atoms with Crippen molar-refractivity contribution in [2.24, 2.45) is 17.6 Å². The fraction of sp³-hybridized carbons (Fsp3) is 0.448. The molecule has 1 heterocycles. The number of hydrogen-bond acceptors (Lipinski definition) is 5. The van der Waals surface area contributed by atoms with Gasteiger partial charge in [-0.05, 0) is 88.3 Å². The number of aromatic nitrogens is 2. The number of rotatable bonds is 8. The Balaban J connectivity index is 1.52. The van der Waals surface area contributed by atoms with E-state index in [0.717, 1.165) is 33.8 Å². The van der Waals surface area contributed by atoms with Crippen LogP contribution in [0.3, 0.4) is 0 Å². The van der Waals surface area contributed by atoms with Crippen LogP contribution >= 0.6 is 15.9 Å². The summed E-state index contributed by atoms with van der Waals surface area (Å²) in [5, 5.41) is 10.8. The summed E-state index contributed by atoms with van der Waals surface area (Å²) in [5.74, 6) is -0.691. The molecular weight excluding hydrogens is 562 g/mol. The number of aromatic amines is 1. The van der Waals surface area contributed by atoms with Crippen LogP contribution in [0.15, 0.2) is 53.1 Å². The van der Waals surface area contributed by atoms with Gasteiger partial charge in [-0.2, -0.15) is 5.10 Å². The first-order chi connectivity index (χ1) is 18.5. The topological polar surface area (TPSA) is 130 Å². The van der Waals surface area contributed by atoms with Crippen molar-refractivity contribution in [2.75, 3.05) is 11.4 Å². The van der Waals surface area contributed by atoms with Gasteiger partial charge in [-0.1, -0.05) is 28.1 Å². The van der Waals surface area contributed by atoms with Gasteiger partial charge in [0.25, 0.3) is 0 Å². The number of H-pyrrole nitrogens is 1. The molecule has 0 radical (unpaired) electrons. The summed E-state index contributed by atoms with van der Waals surface area (Å²) in [4.78, 5) is 40.6. The van der Waals surface area contributed by atoms with Crippen LogP contribution in [0.2, 0.25) is 0 Å². The second-order valence-electron chi connectivity index (χ2n) is 11.2. The molecule has 0 spiro atoms. The van der Waals surface area contributed by atoms with E-state index in [9.17, 15) is 14.4 Å². The number of fused-ring (bicyclic) bond motifs is 1. The van der Waals surface area contributed by atoms with Gasteiger partial charge in [0.05, 0.1) is 11.7 Å². The summed E-state index contributed by atoms with van der Waals surface area (Å²) in [5.41, 5.74) is 7.65. The number of hydrogen-bond donors (Lipinski definition) is 3. The third-order valence-electron chi connectivity index (χ3n) is 7.03. The number of anilines is 1. The number of carbonyl (C=O) groups is 3. The second kappa shape index (κ2) is 12.2. The molecular formula is C29H36BrN5O4. The SMILES string of the molecule is CC(C)(C)OC(=O)NC[C@H]1CC[C@H](C(=O)N(c2ccc3cn[nH]c3c2)[C@@H](Cc2cccc(Br)c2)C(N)=O)CC1. The van der Waals surface area contributed by atoms with E-state index < -0.39 is 23.6 Å². The summed E-state index contributed by atoms with van der Waals surface area (Å²) in [6.07, 6.45) is 4.45. The Kier molecular flexibility index (Phi) is 8.94. The molecule has 4 N–H and O–H groups in total. The highest BCUT2D eigenvalue weighted by molar-refractivity contribution is 9.10. The number of nitrogens with zero attached hydrogens (tertiary/aromatic N) is 2. The first-order valence-electron chi connectivity index (χ1n) is 13.3.